The van der Waals surface area contributed by atoms with E-state index in [9.17, 15) is 9.59 Å². The average molecular weight is 364 g/mol. The molecule has 5 nitrogen and oxygen atoms in total. The van der Waals surface area contributed by atoms with Gasteiger partial charge in [-0.15, -0.1) is 0 Å². The largest absolute Gasteiger partial charge is 0.481 e. The number of fused-ring (bicyclic) bond motifs is 1. The Hall–Kier alpha value is -2.95. The molecule has 27 heavy (non-hydrogen) atoms. The first-order chi connectivity index (χ1) is 13.0. The van der Waals surface area contributed by atoms with E-state index in [1.165, 1.54) is 11.1 Å². The minimum atomic E-state index is -0.770. The molecule has 0 bridgehead atoms. The number of benzene rings is 1. The summed E-state index contributed by atoms with van der Waals surface area (Å²) in [6.45, 7) is 1.55. The molecule has 1 aliphatic rings. The third-order valence-corrected chi connectivity index (χ3v) is 4.77. The molecule has 3 rings (SSSR count). The van der Waals surface area contributed by atoms with Gasteiger partial charge < -0.3 is 10.4 Å². The van der Waals surface area contributed by atoms with Gasteiger partial charge in [0, 0.05) is 37.3 Å². The van der Waals surface area contributed by atoms with E-state index in [2.05, 4.69) is 34.6 Å². The second-order valence-electron chi connectivity index (χ2n) is 6.93. The smallest absolute Gasteiger partial charge is 0.303 e. The Morgan fingerprint density at radius 1 is 1.22 bits per heavy atom. The number of unbranched alkanes of at least 4 members (excludes halogenated alkanes) is 1. The van der Waals surface area contributed by atoms with Crippen molar-refractivity contribution in [1.29, 1.82) is 0 Å². The fourth-order valence-corrected chi connectivity index (χ4v) is 3.60. The summed E-state index contributed by atoms with van der Waals surface area (Å²) in [6.07, 6.45) is 8.84. The zero-order valence-corrected chi connectivity index (χ0v) is 15.4. The molecule has 0 aliphatic heterocycles. The second-order valence-corrected chi connectivity index (χ2v) is 6.93. The van der Waals surface area contributed by atoms with Gasteiger partial charge in [-0.25, -0.2) is 0 Å². The number of allylic oxidation sites excluding steroid dienone is 1. The lowest BCUT2D eigenvalue weighted by atomic mass is 9.95. The number of carboxylic acid groups (broad SMARTS) is 1. The Kier molecular flexibility index (Phi) is 6.01. The molecule has 0 radical (unpaired) electrons. The Morgan fingerprint density at radius 2 is 2.04 bits per heavy atom. The molecule has 0 saturated heterocycles. The molecular formula is C22H24N2O3. The van der Waals surface area contributed by atoms with Crippen molar-refractivity contribution in [2.24, 2.45) is 0 Å². The van der Waals surface area contributed by atoms with Gasteiger partial charge in [-0.3, -0.25) is 14.6 Å². The van der Waals surface area contributed by atoms with Gasteiger partial charge >= 0.3 is 5.97 Å². The van der Waals surface area contributed by atoms with Crippen molar-refractivity contribution in [2.45, 2.75) is 45.1 Å². The number of hydrogen-bond donors (Lipinski definition) is 2. The van der Waals surface area contributed by atoms with Crippen molar-refractivity contribution in [3.05, 3.63) is 71.1 Å². The molecule has 1 aromatic carbocycles. The Labute approximate surface area is 159 Å². The highest BCUT2D eigenvalue weighted by molar-refractivity contribution is 5.80. The number of nitrogens with one attached hydrogen (secondary N) is 1. The molecule has 1 amide bonds. The van der Waals surface area contributed by atoms with Crippen LogP contribution >= 0.6 is 0 Å². The second kappa shape index (κ2) is 8.62. The molecule has 1 aliphatic carbocycles. The summed E-state index contributed by atoms with van der Waals surface area (Å²) in [5.74, 6) is -0.768. The molecular weight excluding hydrogens is 340 g/mol. The number of aromatic nitrogens is 1. The number of carbonyl (C=O) groups excluding carboxylic acids is 1. The van der Waals surface area contributed by atoms with Crippen molar-refractivity contribution >= 4 is 17.4 Å². The number of carbonyl (C=O) groups is 2. The molecule has 0 fully saturated rings. The van der Waals surface area contributed by atoms with Crippen molar-refractivity contribution in [3.8, 4) is 0 Å². The van der Waals surface area contributed by atoms with E-state index >= 15 is 0 Å². The maximum Gasteiger partial charge on any atom is 0.303 e. The van der Waals surface area contributed by atoms with Crippen LogP contribution in [0, 0.1) is 0 Å². The number of aliphatic carboxylic acids is 1. The van der Waals surface area contributed by atoms with Gasteiger partial charge in [-0.2, -0.15) is 0 Å². The molecule has 140 valence electrons. The predicted octanol–water partition coefficient (Wildman–Crippen LogP) is 3.37. The standard InChI is InChI=1S/C22H24N2O3/c1-15(25)24-20-12-16-8-9-17(11-19(16)13-20)21(6-2-3-7-22(26)27)18-5-4-10-23-14-18/h4-6,8-11,14,20H,2-3,7,12-13H2,1H3,(H,24,25)(H,26,27). The monoisotopic (exact) mass is 364 g/mol. The summed E-state index contributed by atoms with van der Waals surface area (Å²) in [7, 11) is 0. The summed E-state index contributed by atoms with van der Waals surface area (Å²) in [5, 5.41) is 11.8. The zero-order valence-electron chi connectivity index (χ0n) is 15.4. The highest BCUT2D eigenvalue weighted by Gasteiger charge is 2.22. The zero-order chi connectivity index (χ0) is 19.2. The van der Waals surface area contributed by atoms with Crippen LogP contribution in [-0.2, 0) is 22.4 Å². The normalized spacial score (nSPS) is 16.0. The van der Waals surface area contributed by atoms with Crippen molar-refractivity contribution in [2.75, 3.05) is 0 Å². The lowest BCUT2D eigenvalue weighted by Gasteiger charge is -2.11. The summed E-state index contributed by atoms with van der Waals surface area (Å²) in [5.41, 5.74) is 5.71. The average Bonchev–Trinajstić information content (AvgIpc) is 3.02. The lowest BCUT2D eigenvalue weighted by molar-refractivity contribution is -0.137. The maximum atomic E-state index is 11.3. The van der Waals surface area contributed by atoms with Gasteiger partial charge in [0.25, 0.3) is 0 Å². The van der Waals surface area contributed by atoms with E-state index in [0.29, 0.717) is 12.8 Å². The van der Waals surface area contributed by atoms with Crippen LogP contribution in [0.3, 0.4) is 0 Å². The minimum Gasteiger partial charge on any atom is -0.481 e. The number of hydrogen-bond acceptors (Lipinski definition) is 3. The molecule has 2 N–H and O–H groups in total. The highest BCUT2D eigenvalue weighted by atomic mass is 16.4. The van der Waals surface area contributed by atoms with E-state index in [-0.39, 0.29) is 18.4 Å². The maximum absolute atomic E-state index is 11.3. The Morgan fingerprint density at radius 3 is 2.74 bits per heavy atom. The summed E-state index contributed by atoms with van der Waals surface area (Å²) in [4.78, 5) is 26.3. The van der Waals surface area contributed by atoms with E-state index in [4.69, 9.17) is 5.11 Å². The molecule has 2 aromatic rings. The Balaban J connectivity index is 1.84. The molecule has 5 heteroatoms. The molecule has 1 atom stereocenters. The van der Waals surface area contributed by atoms with Gasteiger partial charge in [0.15, 0.2) is 0 Å². The van der Waals surface area contributed by atoms with Gasteiger partial charge in [-0.1, -0.05) is 30.3 Å². The van der Waals surface area contributed by atoms with E-state index in [1.807, 2.05) is 18.3 Å². The van der Waals surface area contributed by atoms with E-state index in [0.717, 1.165) is 29.5 Å². The fraction of sp³-hybridized carbons (Fsp3) is 0.318. The van der Waals surface area contributed by atoms with Gasteiger partial charge in [0.05, 0.1) is 0 Å². The van der Waals surface area contributed by atoms with Crippen LogP contribution in [0.25, 0.3) is 5.57 Å². The third kappa shape index (κ3) is 5.03. The number of rotatable bonds is 7. The first-order valence-electron chi connectivity index (χ1n) is 9.24. The number of carboxylic acids is 1. The summed E-state index contributed by atoms with van der Waals surface area (Å²) in [6, 6.07) is 10.5. The van der Waals surface area contributed by atoms with Crippen molar-refractivity contribution < 1.29 is 14.7 Å². The van der Waals surface area contributed by atoms with Crippen LogP contribution in [0.15, 0.2) is 48.8 Å². The lowest BCUT2D eigenvalue weighted by Crippen LogP contribution is -2.33. The van der Waals surface area contributed by atoms with Gasteiger partial charge in [-0.05, 0) is 54.0 Å². The fourth-order valence-electron chi connectivity index (χ4n) is 3.60. The van der Waals surface area contributed by atoms with Crippen LogP contribution in [0.2, 0.25) is 0 Å². The van der Waals surface area contributed by atoms with Crippen LogP contribution in [0.5, 0.6) is 0 Å². The minimum absolute atomic E-state index is 0.00223. The van der Waals surface area contributed by atoms with Crippen molar-refractivity contribution in [1.82, 2.24) is 10.3 Å². The van der Waals surface area contributed by atoms with Crippen LogP contribution < -0.4 is 5.32 Å². The van der Waals surface area contributed by atoms with Crippen LogP contribution in [0.4, 0.5) is 0 Å². The van der Waals surface area contributed by atoms with Gasteiger partial charge in [0.2, 0.25) is 5.91 Å². The quantitative estimate of drug-likeness (QED) is 0.738. The number of pyridine rings is 1. The van der Waals surface area contributed by atoms with Crippen molar-refractivity contribution in [3.63, 3.8) is 0 Å². The molecule has 1 unspecified atom stereocenters. The molecule has 1 heterocycles. The SMILES string of the molecule is CC(=O)NC1Cc2ccc(C(=CCCCC(=O)O)c3cccnc3)cc2C1. The third-order valence-electron chi connectivity index (χ3n) is 4.77. The first-order valence-corrected chi connectivity index (χ1v) is 9.24. The summed E-state index contributed by atoms with van der Waals surface area (Å²) < 4.78 is 0. The van der Waals surface area contributed by atoms with Crippen LogP contribution in [-0.4, -0.2) is 28.0 Å². The number of amides is 1. The molecule has 1 aromatic heterocycles. The van der Waals surface area contributed by atoms with E-state index in [1.54, 1.807) is 13.1 Å². The Bertz CT molecular complexity index is 859. The van der Waals surface area contributed by atoms with E-state index < -0.39 is 5.97 Å². The first kappa shape index (κ1) is 18.8. The summed E-state index contributed by atoms with van der Waals surface area (Å²) >= 11 is 0. The predicted molar refractivity (Wildman–Crippen MR) is 104 cm³/mol. The molecule has 0 spiro atoms. The van der Waals surface area contributed by atoms with Crippen LogP contribution in [0.1, 0.15) is 48.4 Å². The van der Waals surface area contributed by atoms with Gasteiger partial charge in [0.1, 0.15) is 0 Å². The molecule has 0 saturated carbocycles. The number of nitrogens with zero attached hydrogens (tertiary/aromatic N) is 1. The topological polar surface area (TPSA) is 79.3 Å². The highest BCUT2D eigenvalue weighted by Crippen LogP contribution is 2.30.